The van der Waals surface area contributed by atoms with E-state index < -0.39 is 5.97 Å². The van der Waals surface area contributed by atoms with E-state index in [9.17, 15) is 4.79 Å². The molecule has 0 saturated heterocycles. The molecule has 0 aliphatic carbocycles. The normalized spacial score (nSPS) is 10.1. The maximum atomic E-state index is 10.9. The summed E-state index contributed by atoms with van der Waals surface area (Å²) >= 11 is 3.31. The molecule has 2 aromatic rings. The molecular weight excluding hydrogens is 324 g/mol. The predicted octanol–water partition coefficient (Wildman–Crippen LogP) is 3.68. The van der Waals surface area contributed by atoms with Crippen LogP contribution < -0.4 is 10.1 Å². The monoisotopic (exact) mass is 336 g/mol. The molecule has 0 unspecified atom stereocenters. The zero-order valence-corrected chi connectivity index (χ0v) is 12.3. The van der Waals surface area contributed by atoms with Crippen molar-refractivity contribution in [3.8, 4) is 5.75 Å². The van der Waals surface area contributed by atoms with Crippen molar-refractivity contribution in [1.82, 2.24) is 4.98 Å². The average molecular weight is 337 g/mol. The second-order valence-corrected chi connectivity index (χ2v) is 4.77. The fourth-order valence-corrected chi connectivity index (χ4v) is 2.07. The Labute approximate surface area is 124 Å². The lowest BCUT2D eigenvalue weighted by atomic mass is 10.2. The number of nitrogens with one attached hydrogen (secondary N) is 1. The Morgan fingerprint density at radius 3 is 2.85 bits per heavy atom. The van der Waals surface area contributed by atoms with Crippen molar-refractivity contribution in [1.29, 1.82) is 0 Å². The third-order valence-corrected chi connectivity index (χ3v) is 3.13. The molecule has 0 fully saturated rings. The number of para-hydroxylation sites is 2. The van der Waals surface area contributed by atoms with Gasteiger partial charge < -0.3 is 15.2 Å². The highest BCUT2D eigenvalue weighted by Crippen LogP contribution is 2.30. The summed E-state index contributed by atoms with van der Waals surface area (Å²) in [6.45, 7) is 2.47. The van der Waals surface area contributed by atoms with E-state index in [1.807, 2.05) is 31.2 Å². The number of halogens is 1. The first-order valence-electron chi connectivity index (χ1n) is 5.99. The highest BCUT2D eigenvalue weighted by atomic mass is 79.9. The summed E-state index contributed by atoms with van der Waals surface area (Å²) in [6.07, 6.45) is 1.30. The van der Waals surface area contributed by atoms with Crippen LogP contribution >= 0.6 is 15.9 Å². The van der Waals surface area contributed by atoms with Crippen LogP contribution in [0.1, 0.15) is 17.3 Å². The Bertz CT molecular complexity index is 632. The first-order chi connectivity index (χ1) is 9.61. The van der Waals surface area contributed by atoms with Crippen molar-refractivity contribution in [3.05, 3.63) is 46.6 Å². The largest absolute Gasteiger partial charge is 0.492 e. The van der Waals surface area contributed by atoms with Gasteiger partial charge in [-0.25, -0.2) is 9.78 Å². The van der Waals surface area contributed by atoms with Gasteiger partial charge in [0.1, 0.15) is 11.6 Å². The van der Waals surface area contributed by atoms with Crippen LogP contribution in [0.25, 0.3) is 0 Å². The molecular formula is C14H13BrN2O3. The molecule has 6 heteroatoms. The van der Waals surface area contributed by atoms with E-state index in [1.165, 1.54) is 12.3 Å². The Balaban J connectivity index is 2.28. The number of aromatic nitrogens is 1. The third kappa shape index (κ3) is 3.27. The van der Waals surface area contributed by atoms with Gasteiger partial charge in [0, 0.05) is 6.20 Å². The number of rotatable bonds is 5. The van der Waals surface area contributed by atoms with Gasteiger partial charge in [0.05, 0.1) is 22.3 Å². The number of benzene rings is 1. The minimum atomic E-state index is -1.01. The number of hydrogen-bond acceptors (Lipinski definition) is 4. The molecule has 0 bridgehead atoms. The Hall–Kier alpha value is -2.08. The van der Waals surface area contributed by atoms with E-state index in [-0.39, 0.29) is 5.56 Å². The zero-order valence-electron chi connectivity index (χ0n) is 10.8. The van der Waals surface area contributed by atoms with Gasteiger partial charge in [-0.2, -0.15) is 0 Å². The first kappa shape index (κ1) is 14.3. The van der Waals surface area contributed by atoms with Gasteiger partial charge in [-0.05, 0) is 41.1 Å². The molecule has 1 aromatic heterocycles. The molecule has 0 saturated carbocycles. The fourth-order valence-electron chi connectivity index (χ4n) is 1.63. The van der Waals surface area contributed by atoms with Crippen LogP contribution in [0.3, 0.4) is 0 Å². The van der Waals surface area contributed by atoms with E-state index in [0.29, 0.717) is 22.6 Å². The van der Waals surface area contributed by atoms with Gasteiger partial charge in [-0.15, -0.1) is 0 Å². The van der Waals surface area contributed by atoms with E-state index in [1.54, 1.807) is 0 Å². The molecule has 0 radical (unpaired) electrons. The van der Waals surface area contributed by atoms with Gasteiger partial charge in [0.15, 0.2) is 0 Å². The highest BCUT2D eigenvalue weighted by Gasteiger charge is 2.10. The number of anilines is 2. The van der Waals surface area contributed by atoms with Gasteiger partial charge in [0.25, 0.3) is 0 Å². The Morgan fingerprint density at radius 2 is 2.20 bits per heavy atom. The van der Waals surface area contributed by atoms with Gasteiger partial charge in [-0.1, -0.05) is 12.1 Å². The number of pyridine rings is 1. The molecule has 2 rings (SSSR count). The summed E-state index contributed by atoms with van der Waals surface area (Å²) in [7, 11) is 0. The molecule has 0 spiro atoms. The van der Waals surface area contributed by atoms with Crippen LogP contribution in [0.5, 0.6) is 5.75 Å². The summed E-state index contributed by atoms with van der Waals surface area (Å²) < 4.78 is 6.08. The van der Waals surface area contributed by atoms with Crippen molar-refractivity contribution in [2.45, 2.75) is 6.92 Å². The predicted molar refractivity (Wildman–Crippen MR) is 79.8 cm³/mol. The van der Waals surface area contributed by atoms with E-state index >= 15 is 0 Å². The van der Waals surface area contributed by atoms with Crippen molar-refractivity contribution >= 4 is 33.4 Å². The topological polar surface area (TPSA) is 71.5 Å². The van der Waals surface area contributed by atoms with Crippen molar-refractivity contribution < 1.29 is 14.6 Å². The lowest BCUT2D eigenvalue weighted by molar-refractivity contribution is 0.0696. The Morgan fingerprint density at radius 1 is 1.45 bits per heavy atom. The molecule has 1 heterocycles. The van der Waals surface area contributed by atoms with Gasteiger partial charge >= 0.3 is 5.97 Å². The second kappa shape index (κ2) is 6.38. The number of hydrogen-bond donors (Lipinski definition) is 2. The standard InChI is InChI=1S/C14H13BrN2O3/c1-2-20-12-6-4-3-5-11(12)17-13-10(15)7-9(8-16-13)14(18)19/h3-8H,2H2,1H3,(H,16,17)(H,18,19). The summed E-state index contributed by atoms with van der Waals surface area (Å²) in [5.74, 6) is 0.229. The van der Waals surface area contributed by atoms with Gasteiger partial charge in [-0.3, -0.25) is 0 Å². The van der Waals surface area contributed by atoms with Crippen LogP contribution in [-0.2, 0) is 0 Å². The maximum absolute atomic E-state index is 10.9. The average Bonchev–Trinajstić information content (AvgIpc) is 2.43. The molecule has 5 nitrogen and oxygen atoms in total. The second-order valence-electron chi connectivity index (χ2n) is 3.91. The smallest absolute Gasteiger partial charge is 0.337 e. The van der Waals surface area contributed by atoms with Gasteiger partial charge in [0.2, 0.25) is 0 Å². The van der Waals surface area contributed by atoms with Crippen molar-refractivity contribution in [3.63, 3.8) is 0 Å². The molecule has 0 aliphatic heterocycles. The quantitative estimate of drug-likeness (QED) is 0.871. The molecule has 1 aromatic carbocycles. The molecule has 0 amide bonds. The number of ether oxygens (including phenoxy) is 1. The summed E-state index contributed by atoms with van der Waals surface area (Å²) in [4.78, 5) is 15.0. The van der Waals surface area contributed by atoms with Crippen LogP contribution in [0.4, 0.5) is 11.5 Å². The van der Waals surface area contributed by atoms with Crippen LogP contribution in [0.15, 0.2) is 41.0 Å². The fraction of sp³-hybridized carbons (Fsp3) is 0.143. The Kier molecular flexibility index (Phi) is 4.57. The lowest BCUT2D eigenvalue weighted by Crippen LogP contribution is -2.02. The minimum absolute atomic E-state index is 0.125. The van der Waals surface area contributed by atoms with E-state index in [0.717, 1.165) is 5.69 Å². The summed E-state index contributed by atoms with van der Waals surface area (Å²) in [6, 6.07) is 8.98. The van der Waals surface area contributed by atoms with E-state index in [4.69, 9.17) is 9.84 Å². The zero-order chi connectivity index (χ0) is 14.5. The number of carbonyl (C=O) groups is 1. The summed E-state index contributed by atoms with van der Waals surface area (Å²) in [5, 5.41) is 12.0. The number of nitrogens with zero attached hydrogens (tertiary/aromatic N) is 1. The number of aromatic carboxylic acids is 1. The molecule has 0 atom stereocenters. The number of carboxylic acid groups (broad SMARTS) is 1. The molecule has 20 heavy (non-hydrogen) atoms. The summed E-state index contributed by atoms with van der Waals surface area (Å²) in [5.41, 5.74) is 0.895. The van der Waals surface area contributed by atoms with Crippen LogP contribution in [-0.4, -0.2) is 22.7 Å². The van der Waals surface area contributed by atoms with Crippen molar-refractivity contribution in [2.75, 3.05) is 11.9 Å². The van der Waals surface area contributed by atoms with Crippen LogP contribution in [0, 0.1) is 0 Å². The maximum Gasteiger partial charge on any atom is 0.337 e. The third-order valence-electron chi connectivity index (χ3n) is 2.53. The number of carboxylic acids is 1. The highest BCUT2D eigenvalue weighted by molar-refractivity contribution is 9.10. The first-order valence-corrected chi connectivity index (χ1v) is 6.78. The van der Waals surface area contributed by atoms with Crippen molar-refractivity contribution in [2.24, 2.45) is 0 Å². The lowest BCUT2D eigenvalue weighted by Gasteiger charge is -2.12. The molecule has 2 N–H and O–H groups in total. The van der Waals surface area contributed by atoms with Crippen LogP contribution in [0.2, 0.25) is 0 Å². The molecule has 104 valence electrons. The molecule has 0 aliphatic rings. The SMILES string of the molecule is CCOc1ccccc1Nc1ncc(C(=O)O)cc1Br. The minimum Gasteiger partial charge on any atom is -0.492 e. The van der Waals surface area contributed by atoms with E-state index in [2.05, 4.69) is 26.2 Å².